The lowest BCUT2D eigenvalue weighted by atomic mass is 9.97. The molecule has 0 saturated carbocycles. The van der Waals surface area contributed by atoms with Gasteiger partial charge in [-0.2, -0.15) is 0 Å². The summed E-state index contributed by atoms with van der Waals surface area (Å²) in [5.41, 5.74) is 5.00. The number of hydrogen-bond acceptors (Lipinski definition) is 5. The number of rotatable bonds is 6. The van der Waals surface area contributed by atoms with Crippen molar-refractivity contribution in [3.63, 3.8) is 0 Å². The van der Waals surface area contributed by atoms with Crippen molar-refractivity contribution in [3.8, 4) is 23.0 Å². The summed E-state index contributed by atoms with van der Waals surface area (Å²) in [5.74, 6) is 3.18. The van der Waals surface area contributed by atoms with Gasteiger partial charge in [-0.1, -0.05) is 6.07 Å². The molecule has 5 nitrogen and oxygen atoms in total. The van der Waals surface area contributed by atoms with Gasteiger partial charge >= 0.3 is 0 Å². The van der Waals surface area contributed by atoms with E-state index in [1.165, 1.54) is 22.3 Å². The number of nitrogens with zero attached hydrogens (tertiary/aromatic N) is 1. The number of fused-ring (bicyclic) bond motifs is 1. The second-order valence-corrected chi connectivity index (χ2v) is 6.53. The molecule has 1 aliphatic rings. The SMILES string of the molecule is COc1cc2c(cc1OC)CN(Cc1c(C)ccc(OC)c1OC)CC2. The highest BCUT2D eigenvalue weighted by Crippen LogP contribution is 2.36. The molecule has 1 heterocycles. The maximum atomic E-state index is 5.64. The first-order chi connectivity index (χ1) is 12.6. The van der Waals surface area contributed by atoms with Crippen molar-refractivity contribution in [2.45, 2.75) is 26.4 Å². The van der Waals surface area contributed by atoms with E-state index in [0.717, 1.165) is 49.1 Å². The third-order valence-corrected chi connectivity index (χ3v) is 5.06. The van der Waals surface area contributed by atoms with Crippen LogP contribution in [0, 0.1) is 6.92 Å². The van der Waals surface area contributed by atoms with E-state index in [2.05, 4.69) is 30.0 Å². The summed E-state index contributed by atoms with van der Waals surface area (Å²) in [5, 5.41) is 0. The van der Waals surface area contributed by atoms with Crippen LogP contribution in [-0.2, 0) is 19.5 Å². The summed E-state index contributed by atoms with van der Waals surface area (Å²) in [7, 11) is 6.73. The lowest BCUT2D eigenvalue weighted by Crippen LogP contribution is -2.30. The van der Waals surface area contributed by atoms with E-state index in [-0.39, 0.29) is 0 Å². The first-order valence-electron chi connectivity index (χ1n) is 8.77. The van der Waals surface area contributed by atoms with Crippen molar-refractivity contribution < 1.29 is 18.9 Å². The number of methoxy groups -OCH3 is 4. The van der Waals surface area contributed by atoms with E-state index >= 15 is 0 Å². The minimum absolute atomic E-state index is 0.775. The lowest BCUT2D eigenvalue weighted by molar-refractivity contribution is 0.238. The largest absolute Gasteiger partial charge is 0.493 e. The Labute approximate surface area is 155 Å². The Hall–Kier alpha value is -2.40. The van der Waals surface area contributed by atoms with Gasteiger partial charge in [0, 0.05) is 25.2 Å². The molecular formula is C21H27NO4. The van der Waals surface area contributed by atoms with Gasteiger partial charge in [0.15, 0.2) is 23.0 Å². The number of hydrogen-bond donors (Lipinski definition) is 0. The molecule has 0 amide bonds. The second-order valence-electron chi connectivity index (χ2n) is 6.53. The van der Waals surface area contributed by atoms with Gasteiger partial charge in [0.25, 0.3) is 0 Å². The molecule has 0 N–H and O–H groups in total. The summed E-state index contributed by atoms with van der Waals surface area (Å²) >= 11 is 0. The van der Waals surface area contributed by atoms with E-state index in [9.17, 15) is 0 Å². The molecule has 0 spiro atoms. The van der Waals surface area contributed by atoms with Crippen LogP contribution in [0.5, 0.6) is 23.0 Å². The maximum Gasteiger partial charge on any atom is 0.165 e. The molecule has 0 unspecified atom stereocenters. The zero-order valence-corrected chi connectivity index (χ0v) is 16.2. The van der Waals surface area contributed by atoms with Gasteiger partial charge in [0.1, 0.15) is 0 Å². The van der Waals surface area contributed by atoms with Gasteiger partial charge in [-0.05, 0) is 48.2 Å². The predicted molar refractivity (Wildman–Crippen MR) is 102 cm³/mol. The Morgan fingerprint density at radius 3 is 2.12 bits per heavy atom. The van der Waals surface area contributed by atoms with E-state index in [1.807, 2.05) is 6.07 Å². The van der Waals surface area contributed by atoms with Gasteiger partial charge in [-0.15, -0.1) is 0 Å². The molecule has 0 aliphatic carbocycles. The molecular weight excluding hydrogens is 330 g/mol. The van der Waals surface area contributed by atoms with Crippen molar-refractivity contribution in [2.75, 3.05) is 35.0 Å². The highest BCUT2D eigenvalue weighted by Gasteiger charge is 2.22. The van der Waals surface area contributed by atoms with Crippen LogP contribution in [0.1, 0.15) is 22.3 Å². The van der Waals surface area contributed by atoms with Crippen molar-refractivity contribution in [3.05, 3.63) is 46.5 Å². The molecule has 0 saturated heterocycles. The Balaban J connectivity index is 1.86. The topological polar surface area (TPSA) is 40.2 Å². The molecule has 0 aromatic heterocycles. The molecule has 26 heavy (non-hydrogen) atoms. The smallest absolute Gasteiger partial charge is 0.165 e. The normalized spacial score (nSPS) is 13.9. The second kappa shape index (κ2) is 7.87. The molecule has 3 rings (SSSR count). The third kappa shape index (κ3) is 3.44. The Bertz CT molecular complexity index is 788. The highest BCUT2D eigenvalue weighted by atomic mass is 16.5. The number of benzene rings is 2. The minimum Gasteiger partial charge on any atom is -0.493 e. The number of aryl methyl sites for hydroxylation is 1. The van der Waals surface area contributed by atoms with Crippen molar-refractivity contribution in [1.29, 1.82) is 0 Å². The average molecular weight is 357 g/mol. The first-order valence-corrected chi connectivity index (χ1v) is 8.77. The molecule has 0 bridgehead atoms. The van der Waals surface area contributed by atoms with E-state index < -0.39 is 0 Å². The fourth-order valence-corrected chi connectivity index (χ4v) is 3.59. The Morgan fingerprint density at radius 2 is 1.50 bits per heavy atom. The Morgan fingerprint density at radius 1 is 0.846 bits per heavy atom. The molecule has 2 aromatic rings. The monoisotopic (exact) mass is 357 g/mol. The summed E-state index contributed by atoms with van der Waals surface area (Å²) in [4.78, 5) is 2.43. The molecule has 5 heteroatoms. The summed E-state index contributed by atoms with van der Waals surface area (Å²) in [6.07, 6.45) is 0.987. The first kappa shape index (κ1) is 18.4. The maximum absolute atomic E-state index is 5.64. The third-order valence-electron chi connectivity index (χ3n) is 5.06. The van der Waals surface area contributed by atoms with Crippen LogP contribution >= 0.6 is 0 Å². The summed E-state index contributed by atoms with van der Waals surface area (Å²) < 4.78 is 22.0. The van der Waals surface area contributed by atoms with Gasteiger partial charge < -0.3 is 18.9 Å². The van der Waals surface area contributed by atoms with Crippen LogP contribution in [0.2, 0.25) is 0 Å². The van der Waals surface area contributed by atoms with Gasteiger partial charge in [-0.3, -0.25) is 4.90 Å². The molecule has 0 radical (unpaired) electrons. The van der Waals surface area contributed by atoms with Crippen molar-refractivity contribution in [1.82, 2.24) is 4.90 Å². The van der Waals surface area contributed by atoms with Gasteiger partial charge in [0.05, 0.1) is 28.4 Å². The highest BCUT2D eigenvalue weighted by molar-refractivity contribution is 5.51. The zero-order chi connectivity index (χ0) is 18.7. The van der Waals surface area contributed by atoms with E-state index in [0.29, 0.717) is 0 Å². The fraction of sp³-hybridized carbons (Fsp3) is 0.429. The number of ether oxygens (including phenoxy) is 4. The molecule has 140 valence electrons. The van der Waals surface area contributed by atoms with Crippen LogP contribution in [0.15, 0.2) is 24.3 Å². The lowest BCUT2D eigenvalue weighted by Gasteiger charge is -2.30. The van der Waals surface area contributed by atoms with Crippen LogP contribution in [0.3, 0.4) is 0 Å². The van der Waals surface area contributed by atoms with Gasteiger partial charge in [-0.25, -0.2) is 0 Å². The minimum atomic E-state index is 0.775. The molecule has 0 atom stereocenters. The summed E-state index contributed by atoms with van der Waals surface area (Å²) in [6, 6.07) is 8.24. The van der Waals surface area contributed by atoms with Crippen molar-refractivity contribution >= 4 is 0 Å². The standard InChI is InChI=1S/C21H27NO4/c1-14-6-7-18(23-2)21(26-5)17(14)13-22-9-8-15-10-19(24-3)20(25-4)11-16(15)12-22/h6-7,10-11H,8-9,12-13H2,1-5H3. The quantitative estimate of drug-likeness (QED) is 0.790. The molecule has 1 aliphatic heterocycles. The summed E-state index contributed by atoms with van der Waals surface area (Å²) in [6.45, 7) is 4.79. The molecule has 0 fully saturated rings. The van der Waals surface area contributed by atoms with Gasteiger partial charge in [0.2, 0.25) is 0 Å². The van der Waals surface area contributed by atoms with E-state index in [4.69, 9.17) is 18.9 Å². The van der Waals surface area contributed by atoms with E-state index in [1.54, 1.807) is 28.4 Å². The Kier molecular flexibility index (Phi) is 5.57. The zero-order valence-electron chi connectivity index (χ0n) is 16.2. The average Bonchev–Trinajstić information content (AvgIpc) is 2.68. The van der Waals surface area contributed by atoms with Crippen LogP contribution in [0.25, 0.3) is 0 Å². The van der Waals surface area contributed by atoms with Crippen molar-refractivity contribution in [2.24, 2.45) is 0 Å². The van der Waals surface area contributed by atoms with Crippen LogP contribution < -0.4 is 18.9 Å². The fourth-order valence-electron chi connectivity index (χ4n) is 3.59. The van der Waals surface area contributed by atoms with Crippen LogP contribution in [-0.4, -0.2) is 39.9 Å². The predicted octanol–water partition coefficient (Wildman–Crippen LogP) is 3.59. The van der Waals surface area contributed by atoms with Crippen LogP contribution in [0.4, 0.5) is 0 Å². The molecule has 2 aromatic carbocycles.